The van der Waals surface area contributed by atoms with Crippen LogP contribution in [0.5, 0.6) is 0 Å². The summed E-state index contributed by atoms with van der Waals surface area (Å²) in [7, 11) is 0. The molecular weight excluding hydrogens is 276 g/mol. The zero-order chi connectivity index (χ0) is 14.5. The molecule has 110 valence electrons. The van der Waals surface area contributed by atoms with Crippen molar-refractivity contribution in [3.05, 3.63) is 11.5 Å². The molecule has 2 atom stereocenters. The van der Waals surface area contributed by atoms with Gasteiger partial charge in [0, 0.05) is 13.2 Å². The van der Waals surface area contributed by atoms with Gasteiger partial charge in [0.1, 0.15) is 11.3 Å². The number of aryl methyl sites for hydroxylation is 2. The fourth-order valence-corrected chi connectivity index (χ4v) is 3.18. The van der Waals surface area contributed by atoms with E-state index in [-0.39, 0.29) is 10.9 Å². The van der Waals surface area contributed by atoms with E-state index in [2.05, 4.69) is 23.5 Å². The number of fused-ring (bicyclic) bond motifs is 1. The Morgan fingerprint density at radius 1 is 1.50 bits per heavy atom. The molecule has 1 aliphatic heterocycles. The Hall–Kier alpha value is -1.07. The minimum absolute atomic E-state index is 0.0906. The predicted molar refractivity (Wildman–Crippen MR) is 79.3 cm³/mol. The molecule has 5 nitrogen and oxygen atoms in total. The van der Waals surface area contributed by atoms with Gasteiger partial charge in [-0.1, -0.05) is 0 Å². The third-order valence-corrected chi connectivity index (χ3v) is 4.33. The summed E-state index contributed by atoms with van der Waals surface area (Å²) in [5.74, 6) is 0.914. The summed E-state index contributed by atoms with van der Waals surface area (Å²) in [5.41, 5.74) is 2.90. The summed E-state index contributed by atoms with van der Waals surface area (Å²) >= 11 is 6.37. The minimum atomic E-state index is -0.135. The molecule has 6 heteroatoms. The standard InChI is InChI=1S/C14H21ClN4O/c1-5-18-13-11(10(3)17-18)16-12(9(2)15)19(13)14(4)6-7-20-8-14/h9H,5-8H2,1-4H3. The summed E-state index contributed by atoms with van der Waals surface area (Å²) in [4.78, 5) is 4.76. The number of imidazole rings is 1. The Morgan fingerprint density at radius 3 is 2.80 bits per heavy atom. The molecule has 0 radical (unpaired) electrons. The van der Waals surface area contributed by atoms with Crippen LogP contribution in [0.25, 0.3) is 11.2 Å². The zero-order valence-corrected chi connectivity index (χ0v) is 13.2. The molecule has 3 rings (SSSR count). The van der Waals surface area contributed by atoms with Crippen molar-refractivity contribution in [1.82, 2.24) is 19.3 Å². The maximum absolute atomic E-state index is 6.37. The van der Waals surface area contributed by atoms with Gasteiger partial charge in [-0.25, -0.2) is 9.67 Å². The maximum atomic E-state index is 6.37. The lowest BCUT2D eigenvalue weighted by Gasteiger charge is -2.28. The van der Waals surface area contributed by atoms with Gasteiger partial charge in [-0.05, 0) is 34.1 Å². The number of alkyl halides is 1. The molecule has 1 aliphatic rings. The molecule has 0 N–H and O–H groups in total. The van der Waals surface area contributed by atoms with E-state index in [0.29, 0.717) is 6.61 Å². The molecular formula is C14H21ClN4O. The third-order valence-electron chi connectivity index (χ3n) is 4.13. The Balaban J connectivity index is 2.33. The molecule has 0 amide bonds. The van der Waals surface area contributed by atoms with Crippen molar-refractivity contribution in [2.45, 2.75) is 51.6 Å². The number of hydrogen-bond donors (Lipinski definition) is 0. The molecule has 0 spiro atoms. The number of hydrogen-bond acceptors (Lipinski definition) is 3. The normalized spacial score (nSPS) is 24.6. The molecule has 2 aromatic rings. The average Bonchev–Trinajstić information content (AvgIpc) is 3.05. The van der Waals surface area contributed by atoms with Gasteiger partial charge in [0.2, 0.25) is 0 Å². The van der Waals surface area contributed by atoms with Crippen LogP contribution in [0.3, 0.4) is 0 Å². The van der Waals surface area contributed by atoms with Crippen molar-refractivity contribution in [2.75, 3.05) is 13.2 Å². The molecule has 0 aliphatic carbocycles. The van der Waals surface area contributed by atoms with E-state index in [1.165, 1.54) is 0 Å². The Bertz CT molecular complexity index is 637. The fraction of sp³-hybridized carbons (Fsp3) is 0.714. The second kappa shape index (κ2) is 4.74. The van der Waals surface area contributed by atoms with Crippen LogP contribution < -0.4 is 0 Å². The van der Waals surface area contributed by atoms with E-state index < -0.39 is 0 Å². The Labute approximate surface area is 123 Å². The van der Waals surface area contributed by atoms with Crippen molar-refractivity contribution in [3.8, 4) is 0 Å². The smallest absolute Gasteiger partial charge is 0.159 e. The van der Waals surface area contributed by atoms with Crippen LogP contribution in [-0.4, -0.2) is 32.5 Å². The molecule has 0 saturated carbocycles. The van der Waals surface area contributed by atoms with Crippen LogP contribution in [0.1, 0.15) is 44.1 Å². The largest absolute Gasteiger partial charge is 0.379 e. The van der Waals surface area contributed by atoms with Crippen LogP contribution >= 0.6 is 11.6 Å². The SMILES string of the molecule is CCn1nc(C)c2nc(C(C)Cl)n(C3(C)CCOC3)c21. The van der Waals surface area contributed by atoms with Crippen LogP contribution in [0, 0.1) is 6.92 Å². The van der Waals surface area contributed by atoms with Crippen LogP contribution in [0.2, 0.25) is 0 Å². The quantitative estimate of drug-likeness (QED) is 0.818. The van der Waals surface area contributed by atoms with Crippen LogP contribution in [0.4, 0.5) is 0 Å². The second-order valence-electron chi connectivity index (χ2n) is 5.79. The van der Waals surface area contributed by atoms with Gasteiger partial charge in [0.25, 0.3) is 0 Å². The van der Waals surface area contributed by atoms with Gasteiger partial charge in [-0.15, -0.1) is 11.6 Å². The van der Waals surface area contributed by atoms with Gasteiger partial charge in [0.05, 0.1) is 23.2 Å². The van der Waals surface area contributed by atoms with Gasteiger partial charge >= 0.3 is 0 Å². The van der Waals surface area contributed by atoms with Gasteiger partial charge in [-0.3, -0.25) is 0 Å². The lowest BCUT2D eigenvalue weighted by atomic mass is 10.0. The highest BCUT2D eigenvalue weighted by atomic mass is 35.5. The summed E-state index contributed by atoms with van der Waals surface area (Å²) in [5, 5.41) is 4.45. The van der Waals surface area contributed by atoms with E-state index >= 15 is 0 Å². The van der Waals surface area contributed by atoms with E-state index in [1.54, 1.807) is 0 Å². The maximum Gasteiger partial charge on any atom is 0.159 e. The first-order valence-electron chi connectivity index (χ1n) is 7.16. The molecule has 2 unspecified atom stereocenters. The number of nitrogens with zero attached hydrogens (tertiary/aromatic N) is 4. The summed E-state index contributed by atoms with van der Waals surface area (Å²) < 4.78 is 9.90. The highest BCUT2D eigenvalue weighted by molar-refractivity contribution is 6.20. The fourth-order valence-electron chi connectivity index (χ4n) is 3.04. The molecule has 1 saturated heterocycles. The van der Waals surface area contributed by atoms with E-state index in [1.807, 2.05) is 18.5 Å². The lowest BCUT2D eigenvalue weighted by Crippen LogP contribution is -2.33. The van der Waals surface area contributed by atoms with Crippen LogP contribution in [-0.2, 0) is 16.8 Å². The first-order valence-corrected chi connectivity index (χ1v) is 7.59. The van der Waals surface area contributed by atoms with Crippen molar-refractivity contribution < 1.29 is 4.74 Å². The molecule has 0 aromatic carbocycles. The van der Waals surface area contributed by atoms with Crippen molar-refractivity contribution in [1.29, 1.82) is 0 Å². The van der Waals surface area contributed by atoms with Crippen LogP contribution in [0.15, 0.2) is 0 Å². The molecule has 20 heavy (non-hydrogen) atoms. The molecule has 3 heterocycles. The van der Waals surface area contributed by atoms with Gasteiger partial charge in [-0.2, -0.15) is 5.10 Å². The van der Waals surface area contributed by atoms with Gasteiger partial charge < -0.3 is 9.30 Å². The first kappa shape index (κ1) is 13.9. The summed E-state index contributed by atoms with van der Waals surface area (Å²) in [6, 6.07) is 0. The second-order valence-corrected chi connectivity index (χ2v) is 6.45. The highest BCUT2D eigenvalue weighted by Crippen LogP contribution is 2.36. The summed E-state index contributed by atoms with van der Waals surface area (Å²) in [6.07, 6.45) is 0.975. The van der Waals surface area contributed by atoms with Crippen molar-refractivity contribution in [2.24, 2.45) is 0 Å². The number of aromatic nitrogens is 4. The third kappa shape index (κ3) is 1.87. The average molecular weight is 297 g/mol. The molecule has 1 fully saturated rings. The topological polar surface area (TPSA) is 44.9 Å². The number of halogens is 1. The lowest BCUT2D eigenvalue weighted by molar-refractivity contribution is 0.161. The summed E-state index contributed by atoms with van der Waals surface area (Å²) in [6.45, 7) is 10.6. The monoisotopic (exact) mass is 296 g/mol. The Morgan fingerprint density at radius 2 is 2.25 bits per heavy atom. The van der Waals surface area contributed by atoms with Crippen molar-refractivity contribution >= 4 is 22.8 Å². The number of ether oxygens (including phenoxy) is 1. The highest BCUT2D eigenvalue weighted by Gasteiger charge is 2.37. The molecule has 0 bridgehead atoms. The Kier molecular flexibility index (Phi) is 3.29. The van der Waals surface area contributed by atoms with E-state index in [4.69, 9.17) is 21.3 Å². The van der Waals surface area contributed by atoms with Gasteiger partial charge in [0.15, 0.2) is 5.65 Å². The first-order chi connectivity index (χ1) is 9.48. The van der Waals surface area contributed by atoms with E-state index in [0.717, 1.165) is 42.3 Å². The number of rotatable bonds is 3. The zero-order valence-electron chi connectivity index (χ0n) is 12.5. The predicted octanol–water partition coefficient (Wildman–Crippen LogP) is 3.00. The van der Waals surface area contributed by atoms with E-state index in [9.17, 15) is 0 Å². The minimum Gasteiger partial charge on any atom is -0.379 e. The molecule has 2 aromatic heterocycles. The van der Waals surface area contributed by atoms with Crippen molar-refractivity contribution in [3.63, 3.8) is 0 Å².